The summed E-state index contributed by atoms with van der Waals surface area (Å²) in [5.74, 6) is 1.37. The molecule has 164 valence electrons. The predicted octanol–water partition coefficient (Wildman–Crippen LogP) is 6.23. The third kappa shape index (κ3) is 3.24. The molecule has 0 amide bonds. The fourth-order valence-corrected chi connectivity index (χ4v) is 8.53. The molecule has 4 heteroatoms. The van der Waals surface area contributed by atoms with E-state index in [1.54, 1.807) is 0 Å². The summed E-state index contributed by atoms with van der Waals surface area (Å²) in [5.41, 5.74) is 1.53. The van der Waals surface area contributed by atoms with Crippen LogP contribution in [0.5, 0.6) is 0 Å². The molecule has 1 N–H and O–H groups in total. The van der Waals surface area contributed by atoms with Crippen molar-refractivity contribution in [3.63, 3.8) is 0 Å². The third-order valence-corrected chi connectivity index (χ3v) is 14.6. The molecule has 0 unspecified atom stereocenters. The Balaban J connectivity index is 1.58. The van der Waals surface area contributed by atoms with Crippen LogP contribution < -0.4 is 0 Å². The van der Waals surface area contributed by atoms with Gasteiger partial charge < -0.3 is 9.53 Å². The highest BCUT2D eigenvalue weighted by Crippen LogP contribution is 2.65. The summed E-state index contributed by atoms with van der Waals surface area (Å²) in [4.78, 5) is 12.6. The zero-order valence-corrected chi connectivity index (χ0v) is 20.7. The molecule has 3 nitrogen and oxygen atoms in total. The average molecular weight is 419 g/mol. The molecule has 0 radical (unpaired) electrons. The first-order valence-electron chi connectivity index (χ1n) is 11.9. The molecule has 0 aliphatic heterocycles. The Kier molecular flexibility index (Phi) is 4.90. The minimum Gasteiger partial charge on any atom is -0.390 e. The lowest BCUT2D eigenvalue weighted by Gasteiger charge is -2.58. The topological polar surface area (TPSA) is 46.5 Å². The van der Waals surface area contributed by atoms with Crippen molar-refractivity contribution < 1.29 is 14.3 Å². The summed E-state index contributed by atoms with van der Waals surface area (Å²) in [6.07, 6.45) is 10.0. The third-order valence-electron chi connectivity index (χ3n) is 10.1. The Hall–Kier alpha value is -0.453. The number of carbonyl (C=O) groups is 1. The van der Waals surface area contributed by atoms with Crippen molar-refractivity contribution in [3.05, 3.63) is 11.6 Å². The van der Waals surface area contributed by atoms with Crippen LogP contribution >= 0.6 is 0 Å². The number of hydrogen-bond donors (Lipinski definition) is 1. The van der Waals surface area contributed by atoms with E-state index in [9.17, 15) is 9.90 Å². The SMILES string of the molecule is CC(C)(C)[Si](C)(C)O[C@]1(O)CC[C@@]2(C)C(=CC[C@@H]3[C@@H]2CC[C@]2(C)C(=O)CC[C@@H]32)C1. The van der Waals surface area contributed by atoms with E-state index in [0.29, 0.717) is 30.0 Å². The summed E-state index contributed by atoms with van der Waals surface area (Å²) < 4.78 is 6.57. The first kappa shape index (κ1) is 21.8. The molecule has 29 heavy (non-hydrogen) atoms. The number of carbonyl (C=O) groups excluding carboxylic acids is 1. The van der Waals surface area contributed by atoms with E-state index in [1.165, 1.54) is 12.0 Å². The van der Waals surface area contributed by atoms with Gasteiger partial charge in [-0.2, -0.15) is 0 Å². The maximum Gasteiger partial charge on any atom is 0.195 e. The predicted molar refractivity (Wildman–Crippen MR) is 120 cm³/mol. The van der Waals surface area contributed by atoms with Gasteiger partial charge in [0.2, 0.25) is 0 Å². The van der Waals surface area contributed by atoms with Crippen molar-refractivity contribution in [1.82, 2.24) is 0 Å². The Morgan fingerprint density at radius 1 is 1.07 bits per heavy atom. The summed E-state index contributed by atoms with van der Waals surface area (Å²) >= 11 is 0. The van der Waals surface area contributed by atoms with Crippen LogP contribution in [0, 0.1) is 28.6 Å². The van der Waals surface area contributed by atoms with Gasteiger partial charge in [0.1, 0.15) is 5.78 Å². The molecule has 4 aliphatic carbocycles. The molecule has 0 aromatic heterocycles. The molecule has 0 bridgehead atoms. The van der Waals surface area contributed by atoms with Gasteiger partial charge in [0.25, 0.3) is 0 Å². The highest BCUT2D eigenvalue weighted by atomic mass is 28.4. The average Bonchev–Trinajstić information content (AvgIpc) is 2.89. The monoisotopic (exact) mass is 418 g/mol. The number of Topliss-reactive ketones (excluding diaryl/α,β-unsaturated/α-hetero) is 1. The Bertz CT molecular complexity index is 735. The van der Waals surface area contributed by atoms with E-state index < -0.39 is 14.1 Å². The Morgan fingerprint density at radius 2 is 1.72 bits per heavy atom. The second-order valence-corrected chi connectivity index (χ2v) is 17.4. The van der Waals surface area contributed by atoms with E-state index in [-0.39, 0.29) is 15.9 Å². The van der Waals surface area contributed by atoms with Crippen molar-refractivity contribution >= 4 is 14.1 Å². The minimum absolute atomic E-state index is 0.0658. The van der Waals surface area contributed by atoms with Crippen molar-refractivity contribution in [2.45, 2.75) is 110 Å². The molecule has 0 aromatic carbocycles. The maximum atomic E-state index is 12.6. The number of fused-ring (bicyclic) bond motifs is 5. The Morgan fingerprint density at radius 3 is 2.38 bits per heavy atom. The van der Waals surface area contributed by atoms with Crippen molar-refractivity contribution in [3.8, 4) is 0 Å². The minimum atomic E-state index is -2.03. The quantitative estimate of drug-likeness (QED) is 0.328. The van der Waals surface area contributed by atoms with Crippen LogP contribution in [0.3, 0.4) is 0 Å². The summed E-state index contributed by atoms with van der Waals surface area (Å²) in [6.45, 7) is 15.9. The lowest BCUT2D eigenvalue weighted by atomic mass is 9.48. The number of rotatable bonds is 2. The number of aliphatic hydroxyl groups is 1. The fourth-order valence-electron chi connectivity index (χ4n) is 7.10. The zero-order valence-electron chi connectivity index (χ0n) is 19.7. The van der Waals surface area contributed by atoms with Gasteiger partial charge in [0.05, 0.1) is 0 Å². The van der Waals surface area contributed by atoms with Crippen LogP contribution in [-0.2, 0) is 9.22 Å². The van der Waals surface area contributed by atoms with Crippen LogP contribution in [-0.4, -0.2) is 25.0 Å². The number of ketones is 1. The van der Waals surface area contributed by atoms with E-state index in [2.05, 4.69) is 53.8 Å². The van der Waals surface area contributed by atoms with Crippen LogP contribution in [0.4, 0.5) is 0 Å². The van der Waals surface area contributed by atoms with E-state index in [0.717, 1.165) is 38.5 Å². The number of allylic oxidation sites excluding steroid dienone is 1. The van der Waals surface area contributed by atoms with Gasteiger partial charge in [-0.25, -0.2) is 0 Å². The van der Waals surface area contributed by atoms with Gasteiger partial charge in [0, 0.05) is 24.7 Å². The molecule has 0 spiro atoms. The van der Waals surface area contributed by atoms with Crippen LogP contribution in [0.2, 0.25) is 18.1 Å². The second kappa shape index (κ2) is 6.52. The highest BCUT2D eigenvalue weighted by Gasteiger charge is 2.60. The lowest BCUT2D eigenvalue weighted by molar-refractivity contribution is -0.177. The summed E-state index contributed by atoms with van der Waals surface area (Å²) in [7, 11) is -2.03. The molecule has 3 saturated carbocycles. The highest BCUT2D eigenvalue weighted by molar-refractivity contribution is 6.74. The van der Waals surface area contributed by atoms with Gasteiger partial charge in [-0.05, 0) is 73.4 Å². The summed E-state index contributed by atoms with van der Waals surface area (Å²) in [6, 6.07) is 0. The smallest absolute Gasteiger partial charge is 0.195 e. The van der Waals surface area contributed by atoms with Crippen LogP contribution in [0.15, 0.2) is 11.6 Å². The lowest BCUT2D eigenvalue weighted by Crippen LogP contribution is -2.56. The van der Waals surface area contributed by atoms with Gasteiger partial charge >= 0.3 is 0 Å². The van der Waals surface area contributed by atoms with Gasteiger partial charge in [0.15, 0.2) is 14.1 Å². The van der Waals surface area contributed by atoms with Crippen LogP contribution in [0.1, 0.15) is 86.0 Å². The van der Waals surface area contributed by atoms with Gasteiger partial charge in [-0.3, -0.25) is 4.79 Å². The molecule has 0 saturated heterocycles. The first-order chi connectivity index (χ1) is 13.2. The zero-order chi connectivity index (χ0) is 21.5. The molecular formula is C25H42O3Si. The van der Waals surface area contributed by atoms with Crippen molar-refractivity contribution in [2.75, 3.05) is 0 Å². The largest absolute Gasteiger partial charge is 0.390 e. The van der Waals surface area contributed by atoms with Crippen LogP contribution in [0.25, 0.3) is 0 Å². The Labute approximate surface area is 178 Å². The van der Waals surface area contributed by atoms with E-state index >= 15 is 0 Å². The maximum absolute atomic E-state index is 12.6. The van der Waals surface area contributed by atoms with E-state index in [4.69, 9.17) is 4.43 Å². The molecular weight excluding hydrogens is 376 g/mol. The van der Waals surface area contributed by atoms with E-state index in [1.807, 2.05) is 0 Å². The van der Waals surface area contributed by atoms with Crippen molar-refractivity contribution in [1.29, 1.82) is 0 Å². The normalized spacial score (nSPS) is 45.3. The van der Waals surface area contributed by atoms with Crippen molar-refractivity contribution in [2.24, 2.45) is 28.6 Å². The molecule has 0 heterocycles. The van der Waals surface area contributed by atoms with Gasteiger partial charge in [-0.1, -0.05) is 46.3 Å². The standard InChI is InChI=1S/C25H42O3Si/c1-22(2,3)29(6,7)28-25(27)15-14-23(4)17(16-25)8-9-18-19-10-11-21(26)24(19,5)13-12-20(18)23/h8,18-20,27H,9-16H2,1-7H3/t18-,19-,20-,23-,24-,25+/m0/s1. The first-order valence-corrected chi connectivity index (χ1v) is 14.8. The molecule has 6 atom stereocenters. The molecule has 3 fully saturated rings. The summed E-state index contributed by atoms with van der Waals surface area (Å²) in [5, 5.41) is 11.6. The number of hydrogen-bond acceptors (Lipinski definition) is 3. The van der Waals surface area contributed by atoms with Gasteiger partial charge in [-0.15, -0.1) is 0 Å². The fraction of sp³-hybridized carbons (Fsp3) is 0.880. The molecule has 4 aliphatic rings. The molecule has 0 aromatic rings. The molecule has 4 rings (SSSR count). The second-order valence-electron chi connectivity index (χ2n) is 12.7.